The van der Waals surface area contributed by atoms with E-state index in [-0.39, 0.29) is 0 Å². The molecule has 7 nitrogen and oxygen atoms in total. The van der Waals surface area contributed by atoms with Gasteiger partial charge in [0.2, 0.25) is 12.4 Å². The molecule has 0 saturated carbocycles. The number of anilines is 1. The molecule has 1 atom stereocenters. The number of carbonyl (C=O) groups excluding carboxylic acids is 2. The van der Waals surface area contributed by atoms with Crippen LogP contribution in [0.5, 0.6) is 0 Å². The first-order valence-corrected chi connectivity index (χ1v) is 12.4. The molecule has 4 rings (SSSR count). The molecule has 2 amide bonds. The highest BCUT2D eigenvalue weighted by Crippen LogP contribution is 2.24. The normalized spacial score (nSPS) is 19.1. The lowest BCUT2D eigenvalue weighted by molar-refractivity contribution is -0.108. The number of hydrogen-bond acceptors (Lipinski definition) is 7. The Bertz CT molecular complexity index is 1000. The minimum Gasteiger partial charge on any atom is -0.341 e. The van der Waals surface area contributed by atoms with Gasteiger partial charge in [0.25, 0.3) is 5.24 Å². The molecule has 1 aromatic heterocycles. The molecule has 0 spiro atoms. The van der Waals surface area contributed by atoms with E-state index in [0.717, 1.165) is 67.2 Å². The summed E-state index contributed by atoms with van der Waals surface area (Å²) < 4.78 is 0. The molecule has 2 aliphatic rings. The standard InChI is InChI=1S/C25H31N5O2S/c1-18(33-25(32)28-17-31)14-23-8-11-26-24(29-23)30-12-9-19(10-13-30)16-27-22-7-6-20-4-2-3-5-21(20)15-22/h2-5,8,11,14,17,19,22,27H,6-7,9-10,12-13,15-16H2,1H3,(H,28,31,32)/b18-14-. The Labute approximate surface area is 199 Å². The van der Waals surface area contributed by atoms with E-state index in [1.54, 1.807) is 6.20 Å². The van der Waals surface area contributed by atoms with E-state index in [2.05, 4.69) is 49.8 Å². The van der Waals surface area contributed by atoms with Crippen molar-refractivity contribution in [2.45, 2.75) is 45.1 Å². The lowest BCUT2D eigenvalue weighted by Crippen LogP contribution is -2.42. The van der Waals surface area contributed by atoms with Crippen molar-refractivity contribution in [3.05, 3.63) is 58.3 Å². The van der Waals surface area contributed by atoms with Gasteiger partial charge in [0.15, 0.2) is 0 Å². The van der Waals surface area contributed by atoms with Gasteiger partial charge in [-0.2, -0.15) is 0 Å². The number of imide groups is 1. The summed E-state index contributed by atoms with van der Waals surface area (Å²) in [4.78, 5) is 34.0. The van der Waals surface area contributed by atoms with Gasteiger partial charge < -0.3 is 10.2 Å². The van der Waals surface area contributed by atoms with Crippen molar-refractivity contribution in [3.63, 3.8) is 0 Å². The summed E-state index contributed by atoms with van der Waals surface area (Å²) in [6.45, 7) is 4.79. The Morgan fingerprint density at radius 2 is 1.97 bits per heavy atom. The number of thioether (sulfide) groups is 1. The second-order valence-electron chi connectivity index (χ2n) is 8.74. The van der Waals surface area contributed by atoms with Gasteiger partial charge >= 0.3 is 0 Å². The zero-order valence-corrected chi connectivity index (χ0v) is 19.8. The lowest BCUT2D eigenvalue weighted by atomic mass is 9.87. The summed E-state index contributed by atoms with van der Waals surface area (Å²) in [6.07, 6.45) is 9.76. The molecule has 2 aromatic rings. The van der Waals surface area contributed by atoms with E-state index >= 15 is 0 Å². The monoisotopic (exact) mass is 465 g/mol. The second kappa shape index (κ2) is 11.4. The van der Waals surface area contributed by atoms with Crippen molar-refractivity contribution >= 4 is 35.4 Å². The van der Waals surface area contributed by atoms with Gasteiger partial charge in [0.05, 0.1) is 5.69 Å². The predicted molar refractivity (Wildman–Crippen MR) is 133 cm³/mol. The predicted octanol–water partition coefficient (Wildman–Crippen LogP) is 3.80. The Kier molecular flexibility index (Phi) is 8.12. The van der Waals surface area contributed by atoms with Gasteiger partial charge in [-0.05, 0) is 91.4 Å². The summed E-state index contributed by atoms with van der Waals surface area (Å²) in [5, 5.41) is 5.55. The van der Waals surface area contributed by atoms with Gasteiger partial charge in [-0.25, -0.2) is 9.97 Å². The molecule has 33 heavy (non-hydrogen) atoms. The molecule has 8 heteroatoms. The fourth-order valence-electron chi connectivity index (χ4n) is 4.60. The first kappa shape index (κ1) is 23.4. The Balaban J connectivity index is 1.25. The van der Waals surface area contributed by atoms with Crippen molar-refractivity contribution in [2.24, 2.45) is 5.92 Å². The van der Waals surface area contributed by atoms with E-state index in [0.29, 0.717) is 18.4 Å². The van der Waals surface area contributed by atoms with Crippen LogP contribution in [0.25, 0.3) is 6.08 Å². The number of piperidine rings is 1. The highest BCUT2D eigenvalue weighted by molar-refractivity contribution is 8.17. The van der Waals surface area contributed by atoms with Crippen LogP contribution in [-0.4, -0.2) is 47.3 Å². The largest absolute Gasteiger partial charge is 0.341 e. The highest BCUT2D eigenvalue weighted by Gasteiger charge is 2.23. The third-order valence-corrected chi connectivity index (χ3v) is 7.13. The molecule has 1 aliphatic carbocycles. The summed E-state index contributed by atoms with van der Waals surface area (Å²) in [5.74, 6) is 1.41. The van der Waals surface area contributed by atoms with Crippen molar-refractivity contribution in [3.8, 4) is 0 Å². The molecular formula is C25H31N5O2S. The molecule has 1 aromatic carbocycles. The molecule has 1 unspecified atom stereocenters. The van der Waals surface area contributed by atoms with Gasteiger partial charge in [-0.15, -0.1) is 0 Å². The average Bonchev–Trinajstić information content (AvgIpc) is 2.83. The second-order valence-corrected chi connectivity index (χ2v) is 9.95. The third kappa shape index (κ3) is 6.65. The minimum absolute atomic E-state index is 0.388. The SMILES string of the molecule is C/C(=C/c1ccnc(N2CCC(CNC3CCc4ccccc4C3)CC2)n1)SC(=O)NC=O. The first-order chi connectivity index (χ1) is 16.1. The van der Waals surface area contributed by atoms with Crippen LogP contribution in [0.2, 0.25) is 0 Å². The zero-order valence-electron chi connectivity index (χ0n) is 19.0. The van der Waals surface area contributed by atoms with E-state index in [1.807, 2.05) is 19.1 Å². The van der Waals surface area contributed by atoms with E-state index < -0.39 is 5.24 Å². The fourth-order valence-corrected chi connectivity index (χ4v) is 5.18. The number of nitrogens with one attached hydrogen (secondary N) is 2. The highest BCUT2D eigenvalue weighted by atomic mass is 32.2. The Morgan fingerprint density at radius 3 is 2.76 bits per heavy atom. The van der Waals surface area contributed by atoms with Gasteiger partial charge in [-0.3, -0.25) is 14.9 Å². The average molecular weight is 466 g/mol. The quantitative estimate of drug-likeness (QED) is 0.602. The van der Waals surface area contributed by atoms with Crippen LogP contribution in [0.1, 0.15) is 43.0 Å². The van der Waals surface area contributed by atoms with Crippen molar-refractivity contribution in [1.29, 1.82) is 0 Å². The maximum absolute atomic E-state index is 11.5. The number of aryl methyl sites for hydroxylation is 1. The number of allylic oxidation sites excluding steroid dienone is 1. The van der Waals surface area contributed by atoms with Crippen LogP contribution in [-0.2, 0) is 17.6 Å². The number of aromatic nitrogens is 2. The molecule has 0 radical (unpaired) electrons. The van der Waals surface area contributed by atoms with E-state index in [4.69, 9.17) is 0 Å². The number of rotatable bonds is 7. The number of fused-ring (bicyclic) bond motifs is 1. The minimum atomic E-state index is -0.402. The van der Waals surface area contributed by atoms with Crippen molar-refractivity contribution in [2.75, 3.05) is 24.5 Å². The maximum Gasteiger partial charge on any atom is 0.289 e. The van der Waals surface area contributed by atoms with Crippen LogP contribution in [0, 0.1) is 5.92 Å². The number of benzene rings is 1. The summed E-state index contributed by atoms with van der Waals surface area (Å²) in [5.41, 5.74) is 3.77. The molecule has 1 aliphatic heterocycles. The molecule has 174 valence electrons. The number of amides is 2. The molecule has 0 bridgehead atoms. The number of carbonyl (C=O) groups is 2. The lowest BCUT2D eigenvalue weighted by Gasteiger charge is -2.33. The molecule has 1 saturated heterocycles. The van der Waals surface area contributed by atoms with Crippen molar-refractivity contribution < 1.29 is 9.59 Å². The Morgan fingerprint density at radius 1 is 1.18 bits per heavy atom. The maximum atomic E-state index is 11.5. The summed E-state index contributed by atoms with van der Waals surface area (Å²) >= 11 is 0.973. The van der Waals surface area contributed by atoms with Crippen LogP contribution < -0.4 is 15.5 Å². The van der Waals surface area contributed by atoms with E-state index in [1.165, 1.54) is 24.0 Å². The van der Waals surface area contributed by atoms with Gasteiger partial charge in [-0.1, -0.05) is 24.3 Å². The number of hydrogen-bond donors (Lipinski definition) is 2. The van der Waals surface area contributed by atoms with Crippen LogP contribution in [0.3, 0.4) is 0 Å². The van der Waals surface area contributed by atoms with Crippen molar-refractivity contribution in [1.82, 2.24) is 20.6 Å². The van der Waals surface area contributed by atoms with E-state index in [9.17, 15) is 9.59 Å². The zero-order chi connectivity index (χ0) is 23.0. The number of nitrogens with zero attached hydrogens (tertiary/aromatic N) is 3. The van der Waals surface area contributed by atoms with Crippen LogP contribution in [0.4, 0.5) is 10.7 Å². The molecule has 2 heterocycles. The summed E-state index contributed by atoms with van der Waals surface area (Å²) in [7, 11) is 0. The smallest absolute Gasteiger partial charge is 0.289 e. The topological polar surface area (TPSA) is 87.2 Å². The molecule has 2 N–H and O–H groups in total. The molecule has 1 fully saturated rings. The van der Waals surface area contributed by atoms with Crippen LogP contribution >= 0.6 is 11.8 Å². The summed E-state index contributed by atoms with van der Waals surface area (Å²) in [6, 6.07) is 11.2. The molecular weight excluding hydrogens is 434 g/mol. The van der Waals surface area contributed by atoms with Crippen LogP contribution in [0.15, 0.2) is 41.4 Å². The third-order valence-electron chi connectivity index (χ3n) is 6.39. The Hall–Kier alpha value is -2.71. The van der Waals surface area contributed by atoms with Gasteiger partial charge in [0.1, 0.15) is 0 Å². The fraction of sp³-hybridized carbons (Fsp3) is 0.440. The first-order valence-electron chi connectivity index (χ1n) is 11.6. The van der Waals surface area contributed by atoms with Gasteiger partial charge in [0, 0.05) is 25.3 Å².